The predicted molar refractivity (Wildman–Crippen MR) is 178 cm³/mol. The topological polar surface area (TPSA) is 88.7 Å². The van der Waals surface area contributed by atoms with E-state index in [1.54, 1.807) is 45.0 Å². The van der Waals surface area contributed by atoms with E-state index in [0.717, 1.165) is 22.9 Å². The van der Waals surface area contributed by atoms with Crippen molar-refractivity contribution in [3.05, 3.63) is 89.0 Å². The van der Waals surface area contributed by atoms with Crippen LogP contribution in [0.3, 0.4) is 0 Å². The Hall–Kier alpha value is -3.83. The Bertz CT molecular complexity index is 1560. The summed E-state index contributed by atoms with van der Waals surface area (Å²) >= 11 is 0. The molecule has 0 fully saturated rings. The standard InChI is InChI=1S/C35H44F3N3O4Si/c1-33(2,3)45-32(43)40-25-16-13-22(14-17-25)30-27(19-23-11-9-10-12-29(23)41-30)31(42)39-26-18-15-24(28(20-26)35(36,37)38)21-44-46(7,8)34(4,5)6/h9-18,20,27,30,41H,19,21H2,1-8H3,(H,39,42)(H,40,43)/t27-,30-/m0/s1. The molecule has 1 heterocycles. The lowest BCUT2D eigenvalue weighted by Crippen LogP contribution is -2.40. The van der Waals surface area contributed by atoms with Crippen LogP contribution in [0, 0.1) is 5.92 Å². The Morgan fingerprint density at radius 3 is 2.13 bits per heavy atom. The number of carbonyl (C=O) groups excluding carboxylic acids is 2. The minimum Gasteiger partial charge on any atom is -0.444 e. The van der Waals surface area contributed by atoms with Crippen LogP contribution in [0.15, 0.2) is 66.7 Å². The monoisotopic (exact) mass is 655 g/mol. The lowest BCUT2D eigenvalue weighted by Gasteiger charge is -2.36. The first kappa shape index (κ1) is 35.0. The highest BCUT2D eigenvalue weighted by molar-refractivity contribution is 6.74. The first-order chi connectivity index (χ1) is 21.2. The zero-order valence-electron chi connectivity index (χ0n) is 27.7. The summed E-state index contributed by atoms with van der Waals surface area (Å²) in [5, 5.41) is 8.74. The first-order valence-corrected chi connectivity index (χ1v) is 18.2. The molecule has 0 saturated heterocycles. The van der Waals surface area contributed by atoms with Gasteiger partial charge in [0.15, 0.2) is 8.32 Å². The number of ether oxygens (including phenoxy) is 1. The van der Waals surface area contributed by atoms with E-state index < -0.39 is 49.6 Å². The summed E-state index contributed by atoms with van der Waals surface area (Å²) in [4.78, 5) is 26.0. The van der Waals surface area contributed by atoms with Crippen LogP contribution in [0.2, 0.25) is 18.1 Å². The Morgan fingerprint density at radius 2 is 1.52 bits per heavy atom. The molecule has 0 spiro atoms. The van der Waals surface area contributed by atoms with Gasteiger partial charge in [0.05, 0.1) is 24.1 Å². The maximum atomic E-state index is 14.2. The number of rotatable bonds is 7. The summed E-state index contributed by atoms with van der Waals surface area (Å²) in [7, 11) is -2.29. The summed E-state index contributed by atoms with van der Waals surface area (Å²) in [6, 6.07) is 18.0. The van der Waals surface area contributed by atoms with Crippen LogP contribution in [0.1, 0.15) is 69.8 Å². The molecule has 2 amide bonds. The summed E-state index contributed by atoms with van der Waals surface area (Å²) in [6.45, 7) is 15.2. The minimum atomic E-state index is -4.63. The van der Waals surface area contributed by atoms with E-state index in [4.69, 9.17) is 9.16 Å². The molecule has 0 aromatic heterocycles. The molecule has 0 saturated carbocycles. The number of amides is 2. The molecule has 2 atom stereocenters. The number of alkyl halides is 3. The second-order valence-electron chi connectivity index (χ2n) is 14.2. The lowest BCUT2D eigenvalue weighted by atomic mass is 9.83. The fourth-order valence-corrected chi connectivity index (χ4v) is 5.92. The van der Waals surface area contributed by atoms with Crippen molar-refractivity contribution in [2.75, 3.05) is 16.0 Å². The van der Waals surface area contributed by atoms with Gasteiger partial charge < -0.3 is 19.8 Å². The third-order valence-corrected chi connectivity index (χ3v) is 13.0. The Kier molecular flexibility index (Phi) is 9.99. The Balaban J connectivity index is 1.57. The predicted octanol–water partition coefficient (Wildman–Crippen LogP) is 9.54. The van der Waals surface area contributed by atoms with Crippen LogP contribution in [-0.4, -0.2) is 25.9 Å². The van der Waals surface area contributed by atoms with Crippen LogP contribution in [0.5, 0.6) is 0 Å². The first-order valence-electron chi connectivity index (χ1n) is 15.3. The number of hydrogen-bond donors (Lipinski definition) is 3. The van der Waals surface area contributed by atoms with Crippen molar-refractivity contribution >= 4 is 37.4 Å². The molecular formula is C35H44F3N3O4Si. The molecule has 46 heavy (non-hydrogen) atoms. The molecule has 248 valence electrons. The van der Waals surface area contributed by atoms with Gasteiger partial charge in [0, 0.05) is 17.1 Å². The number of benzene rings is 3. The number of carbonyl (C=O) groups is 2. The number of fused-ring (bicyclic) bond motifs is 1. The van der Waals surface area contributed by atoms with Gasteiger partial charge in [-0.05, 0) is 92.3 Å². The van der Waals surface area contributed by atoms with E-state index in [1.165, 1.54) is 12.1 Å². The number of para-hydroxylation sites is 1. The third-order valence-electron chi connectivity index (χ3n) is 8.50. The van der Waals surface area contributed by atoms with Crippen molar-refractivity contribution in [2.45, 2.75) is 90.5 Å². The van der Waals surface area contributed by atoms with Gasteiger partial charge in [-0.25, -0.2) is 4.79 Å². The van der Waals surface area contributed by atoms with Crippen molar-refractivity contribution in [1.82, 2.24) is 0 Å². The molecule has 7 nitrogen and oxygen atoms in total. The molecule has 11 heteroatoms. The average molecular weight is 656 g/mol. The van der Waals surface area contributed by atoms with Gasteiger partial charge in [-0.3, -0.25) is 10.1 Å². The van der Waals surface area contributed by atoms with E-state index in [-0.39, 0.29) is 22.9 Å². The molecule has 3 aromatic carbocycles. The van der Waals surface area contributed by atoms with Gasteiger partial charge in [0.25, 0.3) is 0 Å². The number of halogens is 3. The smallest absolute Gasteiger partial charge is 0.416 e. The van der Waals surface area contributed by atoms with Crippen molar-refractivity contribution in [1.29, 1.82) is 0 Å². The van der Waals surface area contributed by atoms with Crippen molar-refractivity contribution in [3.63, 3.8) is 0 Å². The van der Waals surface area contributed by atoms with Gasteiger partial charge in [0.1, 0.15) is 5.60 Å². The van der Waals surface area contributed by atoms with Crippen LogP contribution in [0.25, 0.3) is 0 Å². The van der Waals surface area contributed by atoms with Gasteiger partial charge in [-0.2, -0.15) is 13.2 Å². The molecule has 3 aromatic rings. The minimum absolute atomic E-state index is 0.0292. The average Bonchev–Trinajstić information content (AvgIpc) is 2.94. The van der Waals surface area contributed by atoms with E-state index in [9.17, 15) is 22.8 Å². The lowest BCUT2D eigenvalue weighted by molar-refractivity contribution is -0.138. The Labute approximate surface area is 270 Å². The summed E-state index contributed by atoms with van der Waals surface area (Å²) in [6.07, 6.45) is -4.84. The van der Waals surface area contributed by atoms with Crippen LogP contribution >= 0.6 is 0 Å². The maximum Gasteiger partial charge on any atom is 0.416 e. The molecule has 0 bridgehead atoms. The van der Waals surface area contributed by atoms with E-state index >= 15 is 0 Å². The zero-order chi connectivity index (χ0) is 34.1. The molecule has 1 aliphatic rings. The van der Waals surface area contributed by atoms with Gasteiger partial charge in [-0.15, -0.1) is 0 Å². The van der Waals surface area contributed by atoms with E-state index in [2.05, 4.69) is 16.0 Å². The summed E-state index contributed by atoms with van der Waals surface area (Å²) < 4.78 is 54.1. The van der Waals surface area contributed by atoms with Crippen molar-refractivity contribution < 1.29 is 31.9 Å². The van der Waals surface area contributed by atoms with Crippen LogP contribution in [-0.2, 0) is 33.2 Å². The van der Waals surface area contributed by atoms with Crippen molar-refractivity contribution in [2.24, 2.45) is 5.92 Å². The highest BCUT2D eigenvalue weighted by Crippen LogP contribution is 2.40. The summed E-state index contributed by atoms with van der Waals surface area (Å²) in [5.41, 5.74) is 1.70. The SMILES string of the molecule is CC(C)(C)OC(=O)Nc1ccc([C@@H]2Nc3ccccc3C[C@@H]2C(=O)Nc2ccc(CO[Si](C)(C)C(C)(C)C)c(C(F)(F)F)c2)cc1. The number of nitrogens with one attached hydrogen (secondary N) is 3. The molecule has 4 rings (SSSR count). The fraction of sp³-hybridized carbons (Fsp3) is 0.429. The number of anilines is 3. The van der Waals surface area contributed by atoms with Gasteiger partial charge in [-0.1, -0.05) is 57.2 Å². The normalized spacial score (nSPS) is 17.0. The largest absolute Gasteiger partial charge is 0.444 e. The van der Waals surface area contributed by atoms with Crippen molar-refractivity contribution in [3.8, 4) is 0 Å². The fourth-order valence-electron chi connectivity index (χ4n) is 4.97. The highest BCUT2D eigenvalue weighted by Gasteiger charge is 2.39. The van der Waals surface area contributed by atoms with Gasteiger partial charge in [0.2, 0.25) is 5.91 Å². The highest BCUT2D eigenvalue weighted by atomic mass is 28.4. The molecule has 1 aliphatic heterocycles. The number of hydrogen-bond acceptors (Lipinski definition) is 5. The molecular weight excluding hydrogens is 611 g/mol. The zero-order valence-corrected chi connectivity index (χ0v) is 28.7. The molecule has 0 aliphatic carbocycles. The molecule has 0 unspecified atom stereocenters. The molecule has 3 N–H and O–H groups in total. The second-order valence-corrected chi connectivity index (χ2v) is 19.1. The quantitative estimate of drug-likeness (QED) is 0.221. The van der Waals surface area contributed by atoms with Crippen LogP contribution in [0.4, 0.5) is 35.0 Å². The molecule has 0 radical (unpaired) electrons. The maximum absolute atomic E-state index is 14.2. The third kappa shape index (κ3) is 8.70. The summed E-state index contributed by atoms with van der Waals surface area (Å²) in [5.74, 6) is -1.06. The second kappa shape index (κ2) is 13.1. The Morgan fingerprint density at radius 1 is 0.891 bits per heavy atom. The van der Waals surface area contributed by atoms with E-state index in [1.807, 2.05) is 58.1 Å². The van der Waals surface area contributed by atoms with E-state index in [0.29, 0.717) is 12.1 Å². The van der Waals surface area contributed by atoms with Gasteiger partial charge >= 0.3 is 12.3 Å². The van der Waals surface area contributed by atoms with Crippen LogP contribution < -0.4 is 16.0 Å².